The van der Waals surface area contributed by atoms with Crippen molar-refractivity contribution in [3.8, 4) is 17.6 Å². The molecule has 0 spiro atoms. The summed E-state index contributed by atoms with van der Waals surface area (Å²) in [5.74, 6) is -2.39. The van der Waals surface area contributed by atoms with E-state index >= 15 is 0 Å². The minimum atomic E-state index is -0.956. The van der Waals surface area contributed by atoms with Gasteiger partial charge in [-0.1, -0.05) is 0 Å². The van der Waals surface area contributed by atoms with Gasteiger partial charge in [0.2, 0.25) is 5.78 Å². The molecule has 0 bridgehead atoms. The van der Waals surface area contributed by atoms with Gasteiger partial charge in [-0.15, -0.1) is 0 Å². The lowest BCUT2D eigenvalue weighted by molar-refractivity contribution is -0.118. The molecular formula is C13H12N2O5. The molecule has 1 aromatic carbocycles. The van der Waals surface area contributed by atoms with Gasteiger partial charge in [0, 0.05) is 11.8 Å². The Morgan fingerprint density at radius 2 is 2.05 bits per heavy atom. The van der Waals surface area contributed by atoms with Gasteiger partial charge in [-0.3, -0.25) is 4.79 Å². The van der Waals surface area contributed by atoms with Crippen LogP contribution >= 0.6 is 0 Å². The highest BCUT2D eigenvalue weighted by molar-refractivity contribution is 6.02. The number of carbonyl (C=O) groups is 2. The van der Waals surface area contributed by atoms with Crippen molar-refractivity contribution in [2.45, 2.75) is 6.92 Å². The topological polar surface area (TPSA) is 134 Å². The lowest BCUT2D eigenvalue weighted by Crippen LogP contribution is -2.17. The number of phenolic OH excluding ortho intramolecular Hbond substituents is 2. The molecule has 1 aromatic rings. The van der Waals surface area contributed by atoms with Crippen LogP contribution in [0.3, 0.4) is 0 Å². The highest BCUT2D eigenvalue weighted by atomic mass is 16.5. The van der Waals surface area contributed by atoms with Crippen molar-refractivity contribution in [2.75, 3.05) is 6.61 Å². The SMILES string of the molecule is CC(N)=C(C#N)C(=O)COC(=O)c1ccc(O)cc1O. The number of nitrogens with zero attached hydrogens (tertiary/aromatic N) is 1. The van der Waals surface area contributed by atoms with Crippen LogP contribution < -0.4 is 5.73 Å². The zero-order valence-corrected chi connectivity index (χ0v) is 10.6. The number of nitrogens with two attached hydrogens (primary N) is 1. The Morgan fingerprint density at radius 3 is 2.55 bits per heavy atom. The summed E-state index contributed by atoms with van der Waals surface area (Å²) >= 11 is 0. The van der Waals surface area contributed by atoms with Gasteiger partial charge in [0.05, 0.1) is 0 Å². The number of hydrogen-bond acceptors (Lipinski definition) is 7. The number of phenols is 2. The van der Waals surface area contributed by atoms with Crippen LogP contribution in [0, 0.1) is 11.3 Å². The number of hydrogen-bond donors (Lipinski definition) is 3. The molecule has 104 valence electrons. The predicted octanol–water partition coefficient (Wildman–Crippen LogP) is 0.580. The molecule has 0 saturated heterocycles. The van der Waals surface area contributed by atoms with Gasteiger partial charge in [0.1, 0.15) is 28.7 Å². The van der Waals surface area contributed by atoms with Crippen LogP contribution in [-0.2, 0) is 9.53 Å². The lowest BCUT2D eigenvalue weighted by atomic mass is 10.1. The van der Waals surface area contributed by atoms with E-state index in [1.165, 1.54) is 13.0 Å². The number of carbonyl (C=O) groups excluding carboxylic acids is 2. The summed E-state index contributed by atoms with van der Waals surface area (Å²) in [5, 5.41) is 27.2. The van der Waals surface area contributed by atoms with Crippen molar-refractivity contribution in [3.63, 3.8) is 0 Å². The van der Waals surface area contributed by atoms with E-state index in [0.717, 1.165) is 12.1 Å². The first kappa shape index (κ1) is 15.0. The summed E-state index contributed by atoms with van der Waals surface area (Å²) in [7, 11) is 0. The fourth-order valence-corrected chi connectivity index (χ4v) is 1.34. The molecule has 0 unspecified atom stereocenters. The van der Waals surface area contributed by atoms with Crippen molar-refractivity contribution in [1.82, 2.24) is 0 Å². The van der Waals surface area contributed by atoms with Crippen molar-refractivity contribution >= 4 is 11.8 Å². The van der Waals surface area contributed by atoms with Gasteiger partial charge < -0.3 is 20.7 Å². The molecule has 20 heavy (non-hydrogen) atoms. The molecule has 0 aliphatic carbocycles. The smallest absolute Gasteiger partial charge is 0.342 e. The zero-order chi connectivity index (χ0) is 15.3. The summed E-state index contributed by atoms with van der Waals surface area (Å²) in [4.78, 5) is 23.2. The number of ketones is 1. The van der Waals surface area contributed by atoms with Gasteiger partial charge in [0.15, 0.2) is 6.61 Å². The summed E-state index contributed by atoms with van der Waals surface area (Å²) in [6.07, 6.45) is 0. The molecule has 0 fully saturated rings. The Bertz CT molecular complexity index is 624. The van der Waals surface area contributed by atoms with Crippen molar-refractivity contribution < 1.29 is 24.5 Å². The first-order valence-corrected chi connectivity index (χ1v) is 5.45. The van der Waals surface area contributed by atoms with E-state index in [1.807, 2.05) is 0 Å². The molecule has 0 heterocycles. The predicted molar refractivity (Wildman–Crippen MR) is 67.6 cm³/mol. The van der Waals surface area contributed by atoms with E-state index in [9.17, 15) is 14.7 Å². The standard InChI is InChI=1S/C13H12N2O5/c1-7(15)10(5-14)12(18)6-20-13(19)9-3-2-8(16)4-11(9)17/h2-4,16-17H,6,15H2,1H3. The Labute approximate surface area is 114 Å². The largest absolute Gasteiger partial charge is 0.508 e. The molecule has 0 atom stereocenters. The second kappa shape index (κ2) is 6.24. The summed E-state index contributed by atoms with van der Waals surface area (Å²) in [6.45, 7) is 0.709. The fourth-order valence-electron chi connectivity index (χ4n) is 1.34. The van der Waals surface area contributed by atoms with Crippen molar-refractivity contribution in [1.29, 1.82) is 5.26 Å². The fraction of sp³-hybridized carbons (Fsp3) is 0.154. The number of benzene rings is 1. The quantitative estimate of drug-likeness (QED) is 0.416. The van der Waals surface area contributed by atoms with E-state index in [-0.39, 0.29) is 22.6 Å². The number of allylic oxidation sites excluding steroid dienone is 1. The number of ether oxygens (including phenoxy) is 1. The minimum absolute atomic E-state index is 0.0287. The van der Waals surface area contributed by atoms with Crippen LogP contribution in [-0.4, -0.2) is 28.6 Å². The third-order valence-electron chi connectivity index (χ3n) is 2.32. The van der Waals surface area contributed by atoms with Crippen molar-refractivity contribution in [2.24, 2.45) is 5.73 Å². The van der Waals surface area contributed by atoms with E-state index < -0.39 is 24.1 Å². The maximum Gasteiger partial charge on any atom is 0.342 e. The van der Waals surface area contributed by atoms with Crippen LogP contribution in [0.15, 0.2) is 29.5 Å². The Morgan fingerprint density at radius 1 is 1.40 bits per heavy atom. The maximum absolute atomic E-state index is 11.6. The Balaban J connectivity index is 2.76. The van der Waals surface area contributed by atoms with Crippen LogP contribution in [0.2, 0.25) is 0 Å². The summed E-state index contributed by atoms with van der Waals surface area (Å²) in [5.41, 5.74) is 4.87. The average Bonchev–Trinajstić information content (AvgIpc) is 2.36. The molecule has 1 rings (SSSR count). The average molecular weight is 276 g/mol. The van der Waals surface area contributed by atoms with E-state index in [1.54, 1.807) is 6.07 Å². The van der Waals surface area contributed by atoms with Gasteiger partial charge in [-0.05, 0) is 19.1 Å². The third-order valence-corrected chi connectivity index (χ3v) is 2.32. The highest BCUT2D eigenvalue weighted by Crippen LogP contribution is 2.23. The van der Waals surface area contributed by atoms with Crippen molar-refractivity contribution in [3.05, 3.63) is 35.0 Å². The number of nitriles is 1. The van der Waals surface area contributed by atoms with Gasteiger partial charge >= 0.3 is 5.97 Å². The normalized spacial score (nSPS) is 11.2. The van der Waals surface area contributed by atoms with E-state index in [4.69, 9.17) is 16.1 Å². The second-order valence-electron chi connectivity index (χ2n) is 3.87. The van der Waals surface area contributed by atoms with Gasteiger partial charge in [-0.2, -0.15) is 5.26 Å². The molecule has 0 aliphatic rings. The molecule has 0 amide bonds. The van der Waals surface area contributed by atoms with Crippen LogP contribution in [0.25, 0.3) is 0 Å². The Hall–Kier alpha value is -3.01. The molecule has 7 nitrogen and oxygen atoms in total. The number of aromatic hydroxyl groups is 2. The van der Waals surface area contributed by atoms with E-state index in [2.05, 4.69) is 4.74 Å². The number of rotatable bonds is 4. The molecule has 4 N–H and O–H groups in total. The van der Waals surface area contributed by atoms with E-state index in [0.29, 0.717) is 0 Å². The maximum atomic E-state index is 11.6. The minimum Gasteiger partial charge on any atom is -0.508 e. The number of Topliss-reactive ketones (excluding diaryl/α,β-unsaturated/α-hetero) is 1. The molecular weight excluding hydrogens is 264 g/mol. The number of esters is 1. The zero-order valence-electron chi connectivity index (χ0n) is 10.6. The lowest BCUT2D eigenvalue weighted by Gasteiger charge is -2.06. The first-order valence-electron chi connectivity index (χ1n) is 5.45. The summed E-state index contributed by atoms with van der Waals surface area (Å²) < 4.78 is 4.67. The first-order chi connectivity index (χ1) is 9.36. The second-order valence-corrected chi connectivity index (χ2v) is 3.87. The summed E-state index contributed by atoms with van der Waals surface area (Å²) in [6, 6.07) is 4.91. The molecule has 0 radical (unpaired) electrons. The molecule has 0 saturated carbocycles. The highest BCUT2D eigenvalue weighted by Gasteiger charge is 2.17. The molecule has 0 aromatic heterocycles. The third kappa shape index (κ3) is 3.49. The Kier molecular flexibility index (Phi) is 4.70. The molecule has 7 heteroatoms. The molecule has 0 aliphatic heterocycles. The van der Waals surface area contributed by atoms with Gasteiger partial charge in [-0.25, -0.2) is 4.79 Å². The van der Waals surface area contributed by atoms with Crippen LogP contribution in [0.4, 0.5) is 0 Å². The van der Waals surface area contributed by atoms with Gasteiger partial charge in [0.25, 0.3) is 0 Å². The monoisotopic (exact) mass is 276 g/mol. The van der Waals surface area contributed by atoms with Crippen LogP contribution in [0.5, 0.6) is 11.5 Å². The van der Waals surface area contributed by atoms with Crippen LogP contribution in [0.1, 0.15) is 17.3 Å².